The molecule has 1 aliphatic rings. The Morgan fingerprint density at radius 2 is 1.07 bits per heavy atom. The van der Waals surface area contributed by atoms with Gasteiger partial charge in [0.1, 0.15) is 31.3 Å². The van der Waals surface area contributed by atoms with E-state index in [4.69, 9.17) is 60.6 Å². The maximum Gasteiger partial charge on any atom is 0.258 e. The predicted octanol–water partition coefficient (Wildman–Crippen LogP) is 11.2. The van der Waals surface area contributed by atoms with E-state index in [0.717, 1.165) is 11.1 Å². The van der Waals surface area contributed by atoms with Crippen LogP contribution < -0.4 is 24.4 Å². The summed E-state index contributed by atoms with van der Waals surface area (Å²) in [5.41, 5.74) is 2.54. The van der Waals surface area contributed by atoms with Gasteiger partial charge in [-0.15, -0.1) is 0 Å². The third-order valence-corrected chi connectivity index (χ3v) is 16.1. The maximum absolute atomic E-state index is 13.5. The molecule has 0 spiro atoms. The smallest absolute Gasteiger partial charge is 0.258 e. The SMILES string of the molecule is CCN(CC)S(=O)(=O)c1ccc(O)c(NC(=O)c2cc(Cl)c(OCc3ccccc3)c(Cl)c2)c1.CCN(CC)S(=O)(=O)c1ccc2c(c1)N(C(=O)c1cc(Cl)c(OCc3ccccc3)c(Cl)c1)CCO2. The monoisotopic (exact) mass is 1070 g/mol. The van der Waals surface area contributed by atoms with Gasteiger partial charge in [-0.3, -0.25) is 9.59 Å². The van der Waals surface area contributed by atoms with E-state index in [1.54, 1.807) is 33.8 Å². The molecular weight excluding hydrogens is 1020 g/mol. The van der Waals surface area contributed by atoms with Gasteiger partial charge in [-0.25, -0.2) is 16.8 Å². The zero-order valence-corrected chi connectivity index (χ0v) is 43.2. The van der Waals surface area contributed by atoms with Crippen LogP contribution in [-0.4, -0.2) is 81.7 Å². The number of amides is 2. The van der Waals surface area contributed by atoms with Gasteiger partial charge in [0.25, 0.3) is 11.8 Å². The Morgan fingerprint density at radius 3 is 1.54 bits per heavy atom. The highest BCUT2D eigenvalue weighted by Crippen LogP contribution is 2.39. The Kier molecular flexibility index (Phi) is 18.5. The molecule has 1 aliphatic heterocycles. The van der Waals surface area contributed by atoms with Gasteiger partial charge in [0.05, 0.1) is 47.8 Å². The summed E-state index contributed by atoms with van der Waals surface area (Å²) < 4.78 is 71.5. The van der Waals surface area contributed by atoms with Crippen molar-refractivity contribution in [1.82, 2.24) is 8.61 Å². The molecule has 0 saturated carbocycles. The summed E-state index contributed by atoms with van der Waals surface area (Å²) in [6.45, 7) is 9.28. The van der Waals surface area contributed by atoms with Crippen LogP contribution in [0, 0.1) is 0 Å². The average Bonchev–Trinajstić information content (AvgIpc) is 3.34. The molecule has 2 amide bonds. The van der Waals surface area contributed by atoms with Crippen LogP contribution in [0.5, 0.6) is 23.0 Å². The molecule has 0 fully saturated rings. The highest BCUT2D eigenvalue weighted by molar-refractivity contribution is 7.89. The molecule has 6 aromatic carbocycles. The molecule has 0 saturated heterocycles. The van der Waals surface area contributed by atoms with Gasteiger partial charge in [-0.2, -0.15) is 8.61 Å². The van der Waals surface area contributed by atoms with Gasteiger partial charge in [0, 0.05) is 37.3 Å². The minimum Gasteiger partial charge on any atom is -0.506 e. The van der Waals surface area contributed by atoms with Crippen molar-refractivity contribution in [2.24, 2.45) is 0 Å². The van der Waals surface area contributed by atoms with Gasteiger partial charge < -0.3 is 29.5 Å². The number of phenols is 1. The lowest BCUT2D eigenvalue weighted by Gasteiger charge is -2.30. The average molecular weight is 1070 g/mol. The number of rotatable bonds is 17. The van der Waals surface area contributed by atoms with Crippen LogP contribution in [0.4, 0.5) is 11.4 Å². The van der Waals surface area contributed by atoms with Crippen molar-refractivity contribution in [3.05, 3.63) is 164 Å². The van der Waals surface area contributed by atoms with E-state index in [-0.39, 0.29) is 109 Å². The molecule has 6 aromatic rings. The number of carbonyl (C=O) groups is 2. The molecule has 0 unspecified atom stereocenters. The first kappa shape index (κ1) is 53.8. The molecule has 0 aromatic heterocycles. The number of nitrogens with one attached hydrogen (secondary N) is 1. The Morgan fingerprint density at radius 1 is 0.629 bits per heavy atom. The number of hydrogen-bond acceptors (Lipinski definition) is 10. The van der Waals surface area contributed by atoms with Crippen LogP contribution in [0.2, 0.25) is 20.1 Å². The van der Waals surface area contributed by atoms with Crippen molar-refractivity contribution < 1.29 is 45.7 Å². The normalized spacial score (nSPS) is 12.4. The zero-order chi connectivity index (χ0) is 50.8. The molecule has 0 bridgehead atoms. The fourth-order valence-corrected chi connectivity index (χ4v) is 11.4. The first-order valence-electron chi connectivity index (χ1n) is 22.0. The number of ether oxygens (including phenoxy) is 3. The number of benzene rings is 6. The predicted molar refractivity (Wildman–Crippen MR) is 274 cm³/mol. The summed E-state index contributed by atoms with van der Waals surface area (Å²) in [7, 11) is -7.49. The Balaban J connectivity index is 0.000000230. The summed E-state index contributed by atoms with van der Waals surface area (Å²) in [6, 6.07) is 33.0. The lowest BCUT2D eigenvalue weighted by atomic mass is 10.1. The number of phenolic OH excluding ortho intramolecular Hbond substituents is 1. The molecular formula is C50H50Cl4N4O10S2. The molecule has 1 heterocycles. The second kappa shape index (κ2) is 24.0. The number of hydrogen-bond donors (Lipinski definition) is 2. The van der Waals surface area contributed by atoms with Crippen molar-refractivity contribution in [2.75, 3.05) is 49.5 Å². The number of halogens is 4. The van der Waals surface area contributed by atoms with E-state index in [0.29, 0.717) is 24.5 Å². The molecule has 70 heavy (non-hydrogen) atoms. The highest BCUT2D eigenvalue weighted by atomic mass is 35.5. The van der Waals surface area contributed by atoms with Crippen LogP contribution in [0.3, 0.4) is 0 Å². The summed E-state index contributed by atoms with van der Waals surface area (Å²) >= 11 is 25.5. The number of anilines is 2. The van der Waals surface area contributed by atoms with E-state index in [1.807, 2.05) is 60.7 Å². The summed E-state index contributed by atoms with van der Waals surface area (Å²) in [5, 5.41) is 13.4. The van der Waals surface area contributed by atoms with Gasteiger partial charge in [-0.05, 0) is 71.8 Å². The third kappa shape index (κ3) is 12.7. The van der Waals surface area contributed by atoms with Crippen molar-refractivity contribution in [2.45, 2.75) is 50.7 Å². The summed E-state index contributed by atoms with van der Waals surface area (Å²) in [6.07, 6.45) is 0. The van der Waals surface area contributed by atoms with Crippen LogP contribution >= 0.6 is 46.4 Å². The van der Waals surface area contributed by atoms with Crippen LogP contribution in [0.15, 0.2) is 131 Å². The van der Waals surface area contributed by atoms with Gasteiger partial charge in [-0.1, -0.05) is 135 Å². The molecule has 0 atom stereocenters. The van der Waals surface area contributed by atoms with Crippen LogP contribution in [-0.2, 0) is 33.3 Å². The number of aromatic hydroxyl groups is 1. The lowest BCUT2D eigenvalue weighted by molar-refractivity contribution is 0.0975. The number of sulfonamides is 2. The van der Waals surface area contributed by atoms with E-state index < -0.39 is 26.0 Å². The lowest BCUT2D eigenvalue weighted by Crippen LogP contribution is -2.38. The first-order chi connectivity index (χ1) is 33.4. The molecule has 0 aliphatic carbocycles. The molecule has 7 rings (SSSR count). The zero-order valence-electron chi connectivity index (χ0n) is 38.5. The minimum atomic E-state index is -3.78. The van der Waals surface area contributed by atoms with Crippen LogP contribution in [0.25, 0.3) is 0 Å². The Hall–Kier alpha value is -5.56. The minimum absolute atomic E-state index is 0.0509. The van der Waals surface area contributed by atoms with E-state index in [2.05, 4.69) is 5.32 Å². The van der Waals surface area contributed by atoms with Crippen LogP contribution in [0.1, 0.15) is 59.5 Å². The third-order valence-electron chi connectivity index (χ3n) is 10.9. The van der Waals surface area contributed by atoms with Crippen molar-refractivity contribution in [3.8, 4) is 23.0 Å². The standard InChI is InChI=1S/C26H26Cl2N2O5S.C24H24Cl2N2O5S/c1-3-29(4-2)36(32,33)20-10-11-24-23(16-20)30(12-13-34-24)26(31)19-14-21(27)25(22(28)15-19)35-17-18-8-6-5-7-9-18;1-3-28(4-2)34(31,32)18-10-11-22(29)21(14-18)27-24(30)17-12-19(25)23(20(26)13-17)33-15-16-8-6-5-7-9-16/h5-11,14-16H,3-4,12-13,17H2,1-2H3;5-14,29H,3-4,15H2,1-2H3,(H,27,30). The highest BCUT2D eigenvalue weighted by Gasteiger charge is 2.30. The van der Waals surface area contributed by atoms with Gasteiger partial charge in [0.2, 0.25) is 20.0 Å². The van der Waals surface area contributed by atoms with Crippen molar-refractivity contribution in [1.29, 1.82) is 0 Å². The molecule has 20 heteroatoms. The maximum atomic E-state index is 13.5. The van der Waals surface area contributed by atoms with Gasteiger partial charge in [0.15, 0.2) is 11.5 Å². The number of fused-ring (bicyclic) bond motifs is 1. The molecule has 14 nitrogen and oxygen atoms in total. The topological polar surface area (TPSA) is 172 Å². The fraction of sp³-hybridized carbons (Fsp3) is 0.240. The van der Waals surface area contributed by atoms with E-state index in [9.17, 15) is 31.5 Å². The van der Waals surface area contributed by atoms with Crippen molar-refractivity contribution in [3.63, 3.8) is 0 Å². The second-order valence-corrected chi connectivity index (χ2v) is 20.8. The summed E-state index contributed by atoms with van der Waals surface area (Å²) in [5.74, 6) is -0.353. The summed E-state index contributed by atoms with van der Waals surface area (Å²) in [4.78, 5) is 27.9. The van der Waals surface area contributed by atoms with Crippen molar-refractivity contribution >= 4 is 89.6 Å². The Labute approximate surface area is 428 Å². The number of nitrogens with zero attached hydrogens (tertiary/aromatic N) is 3. The molecule has 0 radical (unpaired) electrons. The number of carbonyl (C=O) groups excluding carboxylic acids is 2. The van der Waals surface area contributed by atoms with Gasteiger partial charge >= 0.3 is 0 Å². The quantitative estimate of drug-likeness (QED) is 0.0838. The largest absolute Gasteiger partial charge is 0.506 e. The molecule has 2 N–H and O–H groups in total. The Bertz CT molecular complexity index is 3010. The van der Waals surface area contributed by atoms with E-state index >= 15 is 0 Å². The second-order valence-electron chi connectivity index (χ2n) is 15.3. The fourth-order valence-electron chi connectivity index (χ4n) is 7.23. The first-order valence-corrected chi connectivity index (χ1v) is 26.4. The van der Waals surface area contributed by atoms with E-state index in [1.165, 1.54) is 68.1 Å². The molecule has 370 valence electrons.